The lowest BCUT2D eigenvalue weighted by Gasteiger charge is -2.37. The second-order valence-electron chi connectivity index (χ2n) is 7.44. The highest BCUT2D eigenvalue weighted by Gasteiger charge is 2.27. The predicted molar refractivity (Wildman–Crippen MR) is 119 cm³/mol. The quantitative estimate of drug-likeness (QED) is 0.678. The van der Waals surface area contributed by atoms with Gasteiger partial charge in [0.1, 0.15) is 11.8 Å². The smallest absolute Gasteiger partial charge is 0.256 e. The summed E-state index contributed by atoms with van der Waals surface area (Å²) in [7, 11) is 0. The Hall–Kier alpha value is -3.15. The first kappa shape index (κ1) is 21.1. The molecule has 1 amide bonds. The number of halogens is 1. The molecule has 9 heteroatoms. The number of carbonyl (C=O) groups excluding carboxylic acids is 1. The Morgan fingerprint density at radius 1 is 0.968 bits per heavy atom. The van der Waals surface area contributed by atoms with Crippen LogP contribution in [0.15, 0.2) is 41.6 Å². The molecule has 0 radical (unpaired) electrons. The van der Waals surface area contributed by atoms with Crippen molar-refractivity contribution in [2.45, 2.75) is 0 Å². The molecule has 8 nitrogen and oxygen atoms in total. The summed E-state index contributed by atoms with van der Waals surface area (Å²) in [6.45, 7) is 4.79. The second-order valence-corrected chi connectivity index (χ2v) is 7.88. The molecule has 4 rings (SSSR count). The molecule has 2 saturated heterocycles. The molecule has 0 bridgehead atoms. The Bertz CT molecular complexity index is 1020. The third-order valence-corrected chi connectivity index (χ3v) is 5.89. The lowest BCUT2D eigenvalue weighted by atomic mass is 10.1. The van der Waals surface area contributed by atoms with Gasteiger partial charge >= 0.3 is 0 Å². The fourth-order valence-corrected chi connectivity index (χ4v) is 4.20. The average molecular weight is 440 g/mol. The van der Waals surface area contributed by atoms with Crippen molar-refractivity contribution >= 4 is 34.6 Å². The van der Waals surface area contributed by atoms with Crippen LogP contribution in [0, 0.1) is 16.2 Å². The van der Waals surface area contributed by atoms with E-state index in [0.29, 0.717) is 68.6 Å². The molecule has 0 aliphatic carbocycles. The molecule has 0 aromatic heterocycles. The Balaban J connectivity index is 1.52. The number of benzene rings is 2. The van der Waals surface area contributed by atoms with Crippen LogP contribution in [-0.4, -0.2) is 63.3 Å². The Morgan fingerprint density at radius 3 is 2.32 bits per heavy atom. The Morgan fingerprint density at radius 2 is 1.65 bits per heavy atom. The number of piperazine rings is 1. The van der Waals surface area contributed by atoms with Crippen LogP contribution in [0.4, 0.5) is 17.1 Å². The van der Waals surface area contributed by atoms with Gasteiger partial charge in [0, 0.05) is 50.0 Å². The van der Waals surface area contributed by atoms with E-state index in [1.54, 1.807) is 35.2 Å². The number of hydrogen-bond donors (Lipinski definition) is 0. The zero-order valence-electron chi connectivity index (χ0n) is 17.0. The zero-order chi connectivity index (χ0) is 21.8. The van der Waals surface area contributed by atoms with Gasteiger partial charge in [-0.3, -0.25) is 4.79 Å². The predicted octanol–water partition coefficient (Wildman–Crippen LogP) is 3.41. The van der Waals surface area contributed by atoms with Gasteiger partial charge in [0.05, 0.1) is 30.0 Å². The third-order valence-electron chi connectivity index (χ3n) is 5.65. The van der Waals surface area contributed by atoms with Crippen molar-refractivity contribution in [3.05, 3.63) is 57.5 Å². The first-order valence-corrected chi connectivity index (χ1v) is 10.5. The fourth-order valence-electron chi connectivity index (χ4n) is 4.03. The zero-order valence-corrected chi connectivity index (χ0v) is 17.7. The van der Waals surface area contributed by atoms with Crippen LogP contribution in [0.5, 0.6) is 0 Å². The maximum Gasteiger partial charge on any atom is 0.256 e. The van der Waals surface area contributed by atoms with Gasteiger partial charge in [0.25, 0.3) is 5.91 Å². The summed E-state index contributed by atoms with van der Waals surface area (Å²) in [5.74, 6) is -0.122. The summed E-state index contributed by atoms with van der Waals surface area (Å²) >= 11 is 6.01. The average Bonchev–Trinajstić information content (AvgIpc) is 2.83. The lowest BCUT2D eigenvalue weighted by molar-refractivity contribution is 0.0746. The first-order valence-electron chi connectivity index (χ1n) is 10.1. The summed E-state index contributed by atoms with van der Waals surface area (Å²) < 4.78 is 5.42. The van der Waals surface area contributed by atoms with Crippen molar-refractivity contribution in [1.82, 2.24) is 4.90 Å². The maximum absolute atomic E-state index is 13.4. The van der Waals surface area contributed by atoms with Crippen LogP contribution in [0.2, 0.25) is 5.02 Å². The molecule has 2 aromatic carbocycles. The van der Waals surface area contributed by atoms with Crippen molar-refractivity contribution in [3.8, 4) is 6.07 Å². The van der Waals surface area contributed by atoms with Gasteiger partial charge in [0.2, 0.25) is 0 Å². The lowest BCUT2D eigenvalue weighted by Crippen LogP contribution is -2.49. The molecule has 0 N–H and O–H groups in total. The largest absolute Gasteiger partial charge is 0.378 e. The van der Waals surface area contributed by atoms with E-state index in [9.17, 15) is 15.0 Å². The molecule has 2 heterocycles. The van der Waals surface area contributed by atoms with Crippen LogP contribution in [0.1, 0.15) is 15.9 Å². The Kier molecular flexibility index (Phi) is 6.35. The van der Waals surface area contributed by atoms with E-state index < -0.39 is 0 Å². The van der Waals surface area contributed by atoms with Crippen LogP contribution in [0.25, 0.3) is 0 Å². The van der Waals surface area contributed by atoms with E-state index in [-0.39, 0.29) is 11.6 Å². The van der Waals surface area contributed by atoms with Crippen molar-refractivity contribution < 1.29 is 9.53 Å². The van der Waals surface area contributed by atoms with Gasteiger partial charge in [-0.25, -0.2) is 0 Å². The SMILES string of the molecule is N#Cc1cc(Cl)ccc1N1CCN(C(=O)c2cc(N=O)ccc2N2CCOCC2)CC1. The van der Waals surface area contributed by atoms with Gasteiger partial charge in [-0.15, -0.1) is 4.91 Å². The summed E-state index contributed by atoms with van der Waals surface area (Å²) in [5, 5.41) is 12.9. The number of nitroso groups, excluding NO2 is 1. The molecule has 0 unspecified atom stereocenters. The summed E-state index contributed by atoms with van der Waals surface area (Å²) in [4.78, 5) is 30.4. The Labute approximate surface area is 185 Å². The number of rotatable bonds is 4. The minimum Gasteiger partial charge on any atom is -0.378 e. The minimum absolute atomic E-state index is 0.122. The molecule has 2 fully saturated rings. The number of carbonyl (C=O) groups is 1. The fraction of sp³-hybridized carbons (Fsp3) is 0.364. The molecule has 0 saturated carbocycles. The number of hydrogen-bond acceptors (Lipinski definition) is 7. The summed E-state index contributed by atoms with van der Waals surface area (Å²) in [5.41, 5.74) is 2.86. The maximum atomic E-state index is 13.4. The van der Waals surface area contributed by atoms with Gasteiger partial charge in [-0.2, -0.15) is 5.26 Å². The molecular formula is C22H22ClN5O3. The monoisotopic (exact) mass is 439 g/mol. The molecular weight excluding hydrogens is 418 g/mol. The van der Waals surface area contributed by atoms with Gasteiger partial charge in [-0.1, -0.05) is 11.6 Å². The second kappa shape index (κ2) is 9.33. The van der Waals surface area contributed by atoms with Crippen molar-refractivity contribution in [2.75, 3.05) is 62.3 Å². The highest BCUT2D eigenvalue weighted by atomic mass is 35.5. The van der Waals surface area contributed by atoms with Crippen LogP contribution < -0.4 is 9.80 Å². The van der Waals surface area contributed by atoms with Crippen LogP contribution in [-0.2, 0) is 4.74 Å². The van der Waals surface area contributed by atoms with E-state index >= 15 is 0 Å². The number of nitriles is 1. The topological polar surface area (TPSA) is 89.2 Å². The highest BCUT2D eigenvalue weighted by Crippen LogP contribution is 2.29. The number of amides is 1. The molecule has 2 aliphatic heterocycles. The number of morpholine rings is 1. The van der Waals surface area contributed by atoms with E-state index in [0.717, 1.165) is 11.4 Å². The van der Waals surface area contributed by atoms with Crippen molar-refractivity contribution in [1.29, 1.82) is 5.26 Å². The number of nitrogens with zero attached hydrogens (tertiary/aromatic N) is 5. The van der Waals surface area contributed by atoms with E-state index in [1.165, 1.54) is 0 Å². The van der Waals surface area contributed by atoms with Crippen molar-refractivity contribution in [3.63, 3.8) is 0 Å². The standard InChI is InChI=1S/C22H22ClN5O3/c23-17-1-3-20(16(13-17)15-24)26-5-7-28(8-6-26)22(29)19-14-18(25-30)2-4-21(19)27-9-11-31-12-10-27/h1-4,13-14H,5-12H2. The normalized spacial score (nSPS) is 16.7. The minimum atomic E-state index is -0.122. The molecule has 0 atom stereocenters. The molecule has 2 aliphatic rings. The molecule has 160 valence electrons. The van der Waals surface area contributed by atoms with Gasteiger partial charge in [-0.05, 0) is 41.6 Å². The van der Waals surface area contributed by atoms with Crippen LogP contribution in [0.3, 0.4) is 0 Å². The van der Waals surface area contributed by atoms with Crippen LogP contribution >= 0.6 is 11.6 Å². The number of ether oxygens (including phenoxy) is 1. The van der Waals surface area contributed by atoms with E-state index in [2.05, 4.69) is 21.0 Å². The molecule has 2 aromatic rings. The summed E-state index contributed by atoms with van der Waals surface area (Å²) in [6, 6.07) is 12.4. The third kappa shape index (κ3) is 4.48. The summed E-state index contributed by atoms with van der Waals surface area (Å²) in [6.07, 6.45) is 0. The van der Waals surface area contributed by atoms with Gasteiger partial charge in [0.15, 0.2) is 0 Å². The van der Waals surface area contributed by atoms with Crippen molar-refractivity contribution in [2.24, 2.45) is 5.18 Å². The molecule has 31 heavy (non-hydrogen) atoms. The van der Waals surface area contributed by atoms with Gasteiger partial charge < -0.3 is 19.4 Å². The van der Waals surface area contributed by atoms with E-state index in [4.69, 9.17) is 16.3 Å². The highest BCUT2D eigenvalue weighted by molar-refractivity contribution is 6.30. The first-order chi connectivity index (χ1) is 15.1. The molecule has 0 spiro atoms. The van der Waals surface area contributed by atoms with E-state index in [1.807, 2.05) is 6.07 Å². The number of anilines is 2.